The van der Waals surface area contributed by atoms with Gasteiger partial charge in [-0.2, -0.15) is 0 Å². The molecule has 2 N–H and O–H groups in total. The molecule has 1 aliphatic rings. The first-order valence-corrected chi connectivity index (χ1v) is 7.74. The molecule has 0 bridgehead atoms. The predicted molar refractivity (Wildman–Crippen MR) is 81.4 cm³/mol. The molecule has 4 nitrogen and oxygen atoms in total. The molecule has 0 aliphatic heterocycles. The smallest absolute Gasteiger partial charge is 0.303 e. The zero-order valence-electron chi connectivity index (χ0n) is 12.3. The van der Waals surface area contributed by atoms with E-state index in [1.807, 2.05) is 18.2 Å². The second kappa shape index (κ2) is 7.93. The number of benzene rings is 1. The fraction of sp³-hybridized carbons (Fsp3) is 0.529. The van der Waals surface area contributed by atoms with Gasteiger partial charge in [-0.1, -0.05) is 49.6 Å². The molecule has 4 heteroatoms. The Hall–Kier alpha value is -1.68. The standard InChI is InChI=1S/C17H23NO3/c19-16(20)12-11-15(18-14-9-5-2-6-10-14)17(21)13-7-3-1-4-8-13/h1,3-4,7-8,14-15,18H,2,5-6,9-12H2,(H,19,20). The lowest BCUT2D eigenvalue weighted by atomic mass is 9.92. The third-order valence-electron chi connectivity index (χ3n) is 4.06. The molecule has 1 aromatic rings. The summed E-state index contributed by atoms with van der Waals surface area (Å²) in [6.07, 6.45) is 6.14. The number of ketones is 1. The van der Waals surface area contributed by atoms with Crippen molar-refractivity contribution in [3.8, 4) is 0 Å². The first kappa shape index (κ1) is 15.7. The summed E-state index contributed by atoms with van der Waals surface area (Å²) in [5.41, 5.74) is 0.649. The van der Waals surface area contributed by atoms with Gasteiger partial charge in [-0.3, -0.25) is 9.59 Å². The molecule has 114 valence electrons. The molecule has 0 aromatic heterocycles. The Balaban J connectivity index is 2.03. The normalized spacial score (nSPS) is 17.3. The van der Waals surface area contributed by atoms with Gasteiger partial charge in [0.2, 0.25) is 0 Å². The number of carboxylic acid groups (broad SMARTS) is 1. The van der Waals surface area contributed by atoms with E-state index in [9.17, 15) is 9.59 Å². The van der Waals surface area contributed by atoms with E-state index in [-0.39, 0.29) is 12.2 Å². The molecule has 0 heterocycles. The van der Waals surface area contributed by atoms with Crippen LogP contribution in [0.2, 0.25) is 0 Å². The fourth-order valence-electron chi connectivity index (χ4n) is 2.92. The molecule has 1 fully saturated rings. The van der Waals surface area contributed by atoms with Gasteiger partial charge in [0.1, 0.15) is 0 Å². The van der Waals surface area contributed by atoms with Crippen molar-refractivity contribution in [2.75, 3.05) is 0 Å². The van der Waals surface area contributed by atoms with Crippen molar-refractivity contribution in [1.29, 1.82) is 0 Å². The number of carbonyl (C=O) groups is 2. The first-order valence-electron chi connectivity index (χ1n) is 7.74. The monoisotopic (exact) mass is 289 g/mol. The summed E-state index contributed by atoms with van der Waals surface area (Å²) in [5.74, 6) is -0.853. The maximum atomic E-state index is 12.6. The van der Waals surface area contributed by atoms with Crippen LogP contribution in [0.15, 0.2) is 30.3 Å². The highest BCUT2D eigenvalue weighted by Crippen LogP contribution is 2.19. The van der Waals surface area contributed by atoms with Crippen LogP contribution >= 0.6 is 0 Å². The summed E-state index contributed by atoms with van der Waals surface area (Å²) in [6.45, 7) is 0. The van der Waals surface area contributed by atoms with E-state index < -0.39 is 12.0 Å². The van der Waals surface area contributed by atoms with Gasteiger partial charge in [0.05, 0.1) is 6.04 Å². The molecule has 0 amide bonds. The number of nitrogens with one attached hydrogen (secondary N) is 1. The van der Waals surface area contributed by atoms with Crippen molar-refractivity contribution in [2.24, 2.45) is 0 Å². The van der Waals surface area contributed by atoms with Crippen LogP contribution < -0.4 is 5.32 Å². The number of hydrogen-bond donors (Lipinski definition) is 2. The zero-order chi connectivity index (χ0) is 15.1. The van der Waals surface area contributed by atoms with E-state index in [4.69, 9.17) is 5.11 Å². The lowest BCUT2D eigenvalue weighted by Crippen LogP contribution is -2.44. The van der Waals surface area contributed by atoms with Gasteiger partial charge in [-0.15, -0.1) is 0 Å². The van der Waals surface area contributed by atoms with Crippen LogP contribution in [0.25, 0.3) is 0 Å². The number of carbonyl (C=O) groups excluding carboxylic acids is 1. The van der Waals surface area contributed by atoms with Crippen LogP contribution in [-0.2, 0) is 4.79 Å². The van der Waals surface area contributed by atoms with Crippen LogP contribution in [0, 0.1) is 0 Å². The molecule has 1 aromatic carbocycles. The Morgan fingerprint density at radius 2 is 1.81 bits per heavy atom. The molecule has 1 unspecified atom stereocenters. The Kier molecular flexibility index (Phi) is 5.93. The fourth-order valence-corrected chi connectivity index (χ4v) is 2.92. The number of hydrogen-bond acceptors (Lipinski definition) is 3. The summed E-state index contributed by atoms with van der Waals surface area (Å²) in [7, 11) is 0. The van der Waals surface area contributed by atoms with Gasteiger partial charge in [-0.05, 0) is 19.3 Å². The molecule has 2 rings (SSSR count). The Bertz CT molecular complexity index is 466. The minimum absolute atomic E-state index is 0.00224. The van der Waals surface area contributed by atoms with Gasteiger partial charge in [0, 0.05) is 18.0 Å². The lowest BCUT2D eigenvalue weighted by molar-refractivity contribution is -0.137. The largest absolute Gasteiger partial charge is 0.481 e. The Labute approximate surface area is 125 Å². The highest BCUT2D eigenvalue weighted by atomic mass is 16.4. The predicted octanol–water partition coefficient (Wildman–Crippen LogP) is 3.03. The second-order valence-electron chi connectivity index (χ2n) is 5.72. The van der Waals surface area contributed by atoms with Gasteiger partial charge < -0.3 is 10.4 Å². The highest BCUT2D eigenvalue weighted by molar-refractivity contribution is 6.00. The van der Waals surface area contributed by atoms with Crippen LogP contribution in [0.5, 0.6) is 0 Å². The summed E-state index contributed by atoms with van der Waals surface area (Å²) >= 11 is 0. The average molecular weight is 289 g/mol. The Morgan fingerprint density at radius 3 is 2.43 bits per heavy atom. The third-order valence-corrected chi connectivity index (χ3v) is 4.06. The Morgan fingerprint density at radius 1 is 1.14 bits per heavy atom. The summed E-state index contributed by atoms with van der Waals surface area (Å²) in [4.78, 5) is 23.4. The van der Waals surface area contributed by atoms with Gasteiger partial charge in [0.25, 0.3) is 0 Å². The average Bonchev–Trinajstić information content (AvgIpc) is 2.52. The minimum Gasteiger partial charge on any atom is -0.481 e. The molecule has 1 saturated carbocycles. The van der Waals surface area contributed by atoms with Crippen molar-refractivity contribution >= 4 is 11.8 Å². The summed E-state index contributed by atoms with van der Waals surface area (Å²) < 4.78 is 0. The number of carboxylic acids is 1. The van der Waals surface area contributed by atoms with E-state index in [1.165, 1.54) is 19.3 Å². The van der Waals surface area contributed by atoms with E-state index in [0.717, 1.165) is 12.8 Å². The van der Waals surface area contributed by atoms with Crippen LogP contribution in [0.3, 0.4) is 0 Å². The SMILES string of the molecule is O=C(O)CCC(NC1CCCCC1)C(=O)c1ccccc1. The van der Waals surface area contributed by atoms with Crippen molar-refractivity contribution in [2.45, 2.75) is 57.0 Å². The molecule has 0 radical (unpaired) electrons. The van der Waals surface area contributed by atoms with E-state index in [1.54, 1.807) is 12.1 Å². The molecule has 21 heavy (non-hydrogen) atoms. The minimum atomic E-state index is -0.855. The highest BCUT2D eigenvalue weighted by Gasteiger charge is 2.24. The first-order chi connectivity index (χ1) is 10.2. The van der Waals surface area contributed by atoms with E-state index in [0.29, 0.717) is 18.0 Å². The quantitative estimate of drug-likeness (QED) is 0.757. The van der Waals surface area contributed by atoms with Gasteiger partial charge in [-0.25, -0.2) is 0 Å². The molecule has 0 spiro atoms. The maximum Gasteiger partial charge on any atom is 0.303 e. The number of rotatable bonds is 7. The molecular weight excluding hydrogens is 266 g/mol. The lowest BCUT2D eigenvalue weighted by Gasteiger charge is -2.27. The topological polar surface area (TPSA) is 66.4 Å². The maximum absolute atomic E-state index is 12.6. The zero-order valence-corrected chi connectivity index (χ0v) is 12.3. The molecule has 1 aliphatic carbocycles. The van der Waals surface area contributed by atoms with Gasteiger partial charge in [0.15, 0.2) is 5.78 Å². The van der Waals surface area contributed by atoms with Crippen molar-refractivity contribution < 1.29 is 14.7 Å². The van der Waals surface area contributed by atoms with Crippen LogP contribution in [0.1, 0.15) is 55.3 Å². The van der Waals surface area contributed by atoms with E-state index in [2.05, 4.69) is 5.32 Å². The van der Waals surface area contributed by atoms with Crippen molar-refractivity contribution in [3.63, 3.8) is 0 Å². The molecule has 1 atom stereocenters. The number of aliphatic carboxylic acids is 1. The van der Waals surface area contributed by atoms with Crippen molar-refractivity contribution in [1.82, 2.24) is 5.32 Å². The van der Waals surface area contributed by atoms with E-state index >= 15 is 0 Å². The van der Waals surface area contributed by atoms with Gasteiger partial charge >= 0.3 is 5.97 Å². The van der Waals surface area contributed by atoms with Crippen LogP contribution in [-0.4, -0.2) is 28.9 Å². The van der Waals surface area contributed by atoms with Crippen LogP contribution in [0.4, 0.5) is 0 Å². The second-order valence-corrected chi connectivity index (χ2v) is 5.72. The summed E-state index contributed by atoms with van der Waals surface area (Å²) in [5, 5.41) is 12.3. The third kappa shape index (κ3) is 4.97. The van der Waals surface area contributed by atoms with Crippen molar-refractivity contribution in [3.05, 3.63) is 35.9 Å². The molecule has 0 saturated heterocycles. The summed E-state index contributed by atoms with van der Waals surface area (Å²) in [6, 6.07) is 9.07. The number of Topliss-reactive ketones (excluding diaryl/α,β-unsaturated/α-hetero) is 1. The molecular formula is C17H23NO3.